The van der Waals surface area contributed by atoms with Crippen LogP contribution in [0.5, 0.6) is 0 Å². The molecular weight excluding hydrogens is 484 g/mol. The molecule has 0 saturated carbocycles. The van der Waals surface area contributed by atoms with Crippen molar-refractivity contribution in [1.29, 1.82) is 0 Å². The van der Waals surface area contributed by atoms with E-state index in [-0.39, 0.29) is 0 Å². The highest BCUT2D eigenvalue weighted by atomic mass is 35.5. The molecule has 0 radical (unpaired) electrons. The summed E-state index contributed by atoms with van der Waals surface area (Å²) in [5, 5.41) is 4.31. The van der Waals surface area contributed by atoms with Gasteiger partial charge in [-0.15, -0.1) is 0 Å². The summed E-state index contributed by atoms with van der Waals surface area (Å²) in [7, 11) is 0. The molecule has 2 fully saturated rings. The number of nitrogens with zero attached hydrogens (tertiary/aromatic N) is 4. The molecule has 4 heterocycles. The zero-order chi connectivity index (χ0) is 25.8. The Hall–Kier alpha value is -2.35. The maximum Gasteiger partial charge on any atom is 0.159 e. The molecule has 2 aliphatic rings. The number of rotatable bonds is 9. The molecule has 0 unspecified atom stereocenters. The highest BCUT2D eigenvalue weighted by molar-refractivity contribution is 6.34. The van der Waals surface area contributed by atoms with Crippen molar-refractivity contribution in [3.05, 3.63) is 35.5 Å². The van der Waals surface area contributed by atoms with Crippen molar-refractivity contribution in [2.24, 2.45) is 5.92 Å². The van der Waals surface area contributed by atoms with Crippen LogP contribution in [0, 0.1) is 5.92 Å². The summed E-state index contributed by atoms with van der Waals surface area (Å²) in [6.07, 6.45) is 7.56. The Kier molecular flexibility index (Phi) is 8.53. The normalized spacial score (nSPS) is 18.2. The van der Waals surface area contributed by atoms with Gasteiger partial charge in [-0.1, -0.05) is 11.6 Å². The molecule has 7 nitrogen and oxygen atoms in total. The number of H-pyrrole nitrogens is 1. The lowest BCUT2D eigenvalue weighted by Gasteiger charge is -2.35. The number of benzene rings is 1. The van der Waals surface area contributed by atoms with Crippen LogP contribution in [0.1, 0.15) is 52.9 Å². The van der Waals surface area contributed by atoms with E-state index in [4.69, 9.17) is 21.3 Å². The molecule has 3 aromatic rings. The molecule has 2 N–H and O–H groups in total. The maximum atomic E-state index is 6.61. The monoisotopic (exact) mass is 524 g/mol. The fourth-order valence-electron chi connectivity index (χ4n) is 5.67. The smallest absolute Gasteiger partial charge is 0.159 e. The van der Waals surface area contributed by atoms with Crippen LogP contribution in [-0.4, -0.2) is 71.3 Å². The van der Waals surface area contributed by atoms with Crippen molar-refractivity contribution in [2.45, 2.75) is 65.0 Å². The van der Waals surface area contributed by atoms with Crippen LogP contribution < -0.4 is 10.2 Å². The Labute approximate surface area is 225 Å². The summed E-state index contributed by atoms with van der Waals surface area (Å²) in [6.45, 7) is 12.7. The van der Waals surface area contributed by atoms with Gasteiger partial charge in [0.1, 0.15) is 11.3 Å². The van der Waals surface area contributed by atoms with Crippen LogP contribution in [0.15, 0.2) is 30.5 Å². The predicted octanol–water partition coefficient (Wildman–Crippen LogP) is 6.21. The van der Waals surface area contributed by atoms with Crippen molar-refractivity contribution in [3.63, 3.8) is 0 Å². The number of aromatic amines is 1. The lowest BCUT2D eigenvalue weighted by Crippen LogP contribution is -2.42. The quantitative estimate of drug-likeness (QED) is 0.324. The van der Waals surface area contributed by atoms with E-state index in [0.29, 0.717) is 17.1 Å². The molecule has 0 bridgehead atoms. The van der Waals surface area contributed by atoms with Gasteiger partial charge < -0.3 is 24.8 Å². The zero-order valence-corrected chi connectivity index (χ0v) is 23.2. The second-order valence-corrected chi connectivity index (χ2v) is 11.2. The lowest BCUT2D eigenvalue weighted by atomic mass is 9.93. The Bertz CT molecular complexity index is 1150. The number of hydrogen-bond donors (Lipinski definition) is 2. The van der Waals surface area contributed by atoms with Crippen molar-refractivity contribution in [1.82, 2.24) is 19.9 Å². The van der Waals surface area contributed by atoms with Gasteiger partial charge in [-0.25, -0.2) is 9.97 Å². The van der Waals surface area contributed by atoms with Gasteiger partial charge in [0, 0.05) is 62.7 Å². The van der Waals surface area contributed by atoms with E-state index >= 15 is 0 Å². The van der Waals surface area contributed by atoms with Crippen LogP contribution in [-0.2, 0) is 4.74 Å². The van der Waals surface area contributed by atoms with E-state index in [9.17, 15) is 0 Å². The van der Waals surface area contributed by atoms with Crippen molar-refractivity contribution in [2.75, 3.05) is 49.6 Å². The first kappa shape index (κ1) is 26.3. The summed E-state index contributed by atoms with van der Waals surface area (Å²) in [6, 6.07) is 9.72. The molecule has 8 heteroatoms. The number of nitrogens with one attached hydrogen (secondary N) is 2. The zero-order valence-electron chi connectivity index (χ0n) is 22.5. The number of aromatic nitrogens is 3. The highest BCUT2D eigenvalue weighted by Crippen LogP contribution is 2.33. The first-order valence-electron chi connectivity index (χ1n) is 14.0. The van der Waals surface area contributed by atoms with E-state index in [1.807, 2.05) is 0 Å². The molecule has 5 rings (SSSR count). The van der Waals surface area contributed by atoms with E-state index < -0.39 is 0 Å². The van der Waals surface area contributed by atoms with E-state index in [1.54, 1.807) is 6.20 Å². The number of likely N-dealkylation sites (tertiary alicyclic amines) is 1. The summed E-state index contributed by atoms with van der Waals surface area (Å²) < 4.78 is 5.55. The van der Waals surface area contributed by atoms with E-state index in [2.05, 4.69) is 70.1 Å². The first-order chi connectivity index (χ1) is 18.0. The van der Waals surface area contributed by atoms with Gasteiger partial charge in [0.05, 0.1) is 16.9 Å². The molecule has 0 amide bonds. The minimum atomic E-state index is 0.390. The molecule has 1 aromatic carbocycles. The standard InChI is InChI=1S/C29H41ClN6O/c1-4-37-18-13-21-9-14-36(15-10-21)24-7-5-22(6-8-24)28-33-27-26(25(30)19-31-29(27)34-28)32-23-11-16-35(17-12-23)20(2)3/h5-8,19-21,23H,4,9-18H2,1-3H3,(H2,31,32,33,34). The Morgan fingerprint density at radius 2 is 1.81 bits per heavy atom. The number of imidazole rings is 1. The average Bonchev–Trinajstić information content (AvgIpc) is 3.36. The lowest BCUT2D eigenvalue weighted by molar-refractivity contribution is 0.127. The van der Waals surface area contributed by atoms with Gasteiger partial charge >= 0.3 is 0 Å². The number of ether oxygens (including phenoxy) is 1. The van der Waals surface area contributed by atoms with Crippen molar-refractivity contribution in [3.8, 4) is 11.4 Å². The Balaban J connectivity index is 1.25. The second-order valence-electron chi connectivity index (χ2n) is 10.8. The Morgan fingerprint density at radius 3 is 2.49 bits per heavy atom. The maximum absolute atomic E-state index is 6.61. The molecule has 0 aliphatic carbocycles. The molecule has 2 aliphatic heterocycles. The van der Waals surface area contributed by atoms with Gasteiger partial charge in [-0.05, 0) is 83.1 Å². The SMILES string of the molecule is CCOCCC1CCN(c2ccc(-c3nc4c(NC5CCN(C(C)C)CC5)c(Cl)cnc4[nH]3)cc2)CC1. The number of fused-ring (bicyclic) bond motifs is 1. The molecule has 2 saturated heterocycles. The van der Waals surface area contributed by atoms with E-state index in [0.717, 1.165) is 86.4 Å². The number of anilines is 2. The van der Waals surface area contributed by atoms with E-state index in [1.165, 1.54) is 24.9 Å². The van der Waals surface area contributed by atoms with Crippen LogP contribution >= 0.6 is 11.6 Å². The number of pyridine rings is 1. The third kappa shape index (κ3) is 6.21. The first-order valence-corrected chi connectivity index (χ1v) is 14.4. The molecule has 0 atom stereocenters. The van der Waals surface area contributed by atoms with Gasteiger partial charge in [0.25, 0.3) is 0 Å². The summed E-state index contributed by atoms with van der Waals surface area (Å²) >= 11 is 6.61. The molecule has 37 heavy (non-hydrogen) atoms. The summed E-state index contributed by atoms with van der Waals surface area (Å²) in [4.78, 5) is 17.9. The number of piperidine rings is 2. The predicted molar refractivity (Wildman–Crippen MR) is 154 cm³/mol. The number of hydrogen-bond acceptors (Lipinski definition) is 6. The Morgan fingerprint density at radius 1 is 1.08 bits per heavy atom. The van der Waals surface area contributed by atoms with Crippen LogP contribution in [0.4, 0.5) is 11.4 Å². The average molecular weight is 525 g/mol. The van der Waals surface area contributed by atoms with Crippen molar-refractivity contribution < 1.29 is 4.74 Å². The van der Waals surface area contributed by atoms with Gasteiger partial charge in [0.15, 0.2) is 5.65 Å². The topological polar surface area (TPSA) is 69.3 Å². The second kappa shape index (κ2) is 12.0. The minimum absolute atomic E-state index is 0.390. The van der Waals surface area contributed by atoms with Crippen LogP contribution in [0.25, 0.3) is 22.6 Å². The third-order valence-electron chi connectivity index (χ3n) is 8.07. The largest absolute Gasteiger partial charge is 0.382 e. The third-order valence-corrected chi connectivity index (χ3v) is 8.36. The van der Waals surface area contributed by atoms with Crippen molar-refractivity contribution >= 4 is 34.1 Å². The molecule has 200 valence electrons. The highest BCUT2D eigenvalue weighted by Gasteiger charge is 2.23. The van der Waals surface area contributed by atoms with Crippen LogP contribution in [0.2, 0.25) is 5.02 Å². The summed E-state index contributed by atoms with van der Waals surface area (Å²) in [5.74, 6) is 1.60. The number of halogens is 1. The van der Waals surface area contributed by atoms with Crippen LogP contribution in [0.3, 0.4) is 0 Å². The molecule has 2 aromatic heterocycles. The van der Waals surface area contributed by atoms with Gasteiger partial charge in [-0.3, -0.25) is 0 Å². The van der Waals surface area contributed by atoms with Gasteiger partial charge in [-0.2, -0.15) is 0 Å². The fraction of sp³-hybridized carbons (Fsp3) is 0.586. The molecular formula is C29H41ClN6O. The molecule has 0 spiro atoms. The fourth-order valence-corrected chi connectivity index (χ4v) is 5.87. The summed E-state index contributed by atoms with van der Waals surface area (Å²) in [5.41, 5.74) is 4.80. The van der Waals surface area contributed by atoms with Gasteiger partial charge in [0.2, 0.25) is 0 Å². The minimum Gasteiger partial charge on any atom is -0.382 e.